The van der Waals surface area contributed by atoms with Gasteiger partial charge in [-0.25, -0.2) is 0 Å². The average molecular weight is 571 g/mol. The van der Waals surface area contributed by atoms with Crippen LogP contribution in [0.3, 0.4) is 0 Å². The van der Waals surface area contributed by atoms with Crippen molar-refractivity contribution in [2.24, 2.45) is 5.41 Å². The minimum Gasteiger partial charge on any atom is -0.491 e. The number of aliphatic hydroxyl groups excluding tert-OH is 1. The van der Waals surface area contributed by atoms with Crippen LogP contribution in [0, 0.1) is 5.41 Å². The molecule has 1 aliphatic carbocycles. The lowest BCUT2D eigenvalue weighted by Gasteiger charge is -2.34. The van der Waals surface area contributed by atoms with Crippen LogP contribution in [0.5, 0.6) is 5.75 Å². The standard InChI is InChI=1S/C28H25F3N4O6/c29-28(30,31)20-21(15-6-2-1-3-7-15)34-40-23(20)25-33-24(35-41-25)16-8-9-17-19(12-16)39-13-18(22(17)36)32-14-27(26(37)38)10-4-5-11-27/h1-3,6-9,12,18,22,32,36H,4-5,10-11,13-14H2,(H,37,38)/t18-,22+/m1/s1. The molecule has 2 aromatic heterocycles. The first-order valence-corrected chi connectivity index (χ1v) is 13.0. The number of carboxylic acids is 1. The minimum absolute atomic E-state index is 0.0171. The van der Waals surface area contributed by atoms with Crippen LogP contribution in [0.2, 0.25) is 0 Å². The van der Waals surface area contributed by atoms with Crippen molar-refractivity contribution in [3.63, 3.8) is 0 Å². The van der Waals surface area contributed by atoms with E-state index in [1.165, 1.54) is 12.1 Å². The molecule has 4 aromatic rings. The predicted octanol–water partition coefficient (Wildman–Crippen LogP) is 5.11. The second kappa shape index (κ2) is 10.3. The highest BCUT2D eigenvalue weighted by Crippen LogP contribution is 2.44. The topological polar surface area (TPSA) is 144 Å². The zero-order chi connectivity index (χ0) is 28.8. The molecule has 13 heteroatoms. The highest BCUT2D eigenvalue weighted by Gasteiger charge is 2.44. The summed E-state index contributed by atoms with van der Waals surface area (Å²) in [5.41, 5.74) is -1.30. The lowest BCUT2D eigenvalue weighted by atomic mass is 9.85. The Morgan fingerprint density at radius 3 is 2.51 bits per heavy atom. The molecule has 3 N–H and O–H groups in total. The number of ether oxygens (including phenoxy) is 1. The molecule has 0 amide bonds. The molecule has 0 saturated heterocycles. The van der Waals surface area contributed by atoms with Crippen molar-refractivity contribution in [1.82, 2.24) is 20.6 Å². The van der Waals surface area contributed by atoms with Crippen LogP contribution >= 0.6 is 0 Å². The van der Waals surface area contributed by atoms with Gasteiger partial charge in [0.15, 0.2) is 0 Å². The Kier molecular flexibility index (Phi) is 6.78. The first-order valence-electron chi connectivity index (χ1n) is 13.0. The molecular weight excluding hydrogens is 545 g/mol. The Morgan fingerprint density at radius 1 is 1.05 bits per heavy atom. The molecule has 0 radical (unpaired) electrons. The molecule has 6 rings (SSSR count). The van der Waals surface area contributed by atoms with Gasteiger partial charge in [0.05, 0.1) is 11.5 Å². The maximum Gasteiger partial charge on any atom is 0.422 e. The number of rotatable bonds is 7. The zero-order valence-corrected chi connectivity index (χ0v) is 21.5. The van der Waals surface area contributed by atoms with Gasteiger partial charge >= 0.3 is 12.1 Å². The number of nitrogens with zero attached hydrogens (tertiary/aromatic N) is 3. The maximum absolute atomic E-state index is 14.0. The zero-order valence-electron chi connectivity index (χ0n) is 21.5. The van der Waals surface area contributed by atoms with E-state index in [9.17, 15) is 28.2 Å². The van der Waals surface area contributed by atoms with Gasteiger partial charge in [0.1, 0.15) is 29.7 Å². The summed E-state index contributed by atoms with van der Waals surface area (Å²) >= 11 is 0. The molecule has 3 heterocycles. The van der Waals surface area contributed by atoms with Gasteiger partial charge in [-0.15, -0.1) is 0 Å². The van der Waals surface area contributed by atoms with Crippen molar-refractivity contribution < 1.29 is 42.0 Å². The van der Waals surface area contributed by atoms with Gasteiger partial charge < -0.3 is 29.3 Å². The van der Waals surface area contributed by atoms with E-state index in [0.29, 0.717) is 29.7 Å². The quantitative estimate of drug-likeness (QED) is 0.274. The number of benzene rings is 2. The summed E-state index contributed by atoms with van der Waals surface area (Å²) in [6.45, 7) is 0.306. The van der Waals surface area contributed by atoms with Crippen LogP contribution in [-0.4, -0.2) is 50.7 Å². The normalized spacial score (nSPS) is 20.0. The fourth-order valence-electron chi connectivity index (χ4n) is 5.47. The molecule has 214 valence electrons. The van der Waals surface area contributed by atoms with E-state index in [-0.39, 0.29) is 24.5 Å². The molecule has 0 bridgehead atoms. The van der Waals surface area contributed by atoms with Gasteiger partial charge in [0.2, 0.25) is 11.6 Å². The van der Waals surface area contributed by atoms with Gasteiger partial charge in [-0.3, -0.25) is 4.79 Å². The van der Waals surface area contributed by atoms with Gasteiger partial charge in [-0.05, 0) is 18.9 Å². The fraction of sp³-hybridized carbons (Fsp3) is 0.357. The predicted molar refractivity (Wildman–Crippen MR) is 136 cm³/mol. The van der Waals surface area contributed by atoms with Crippen LogP contribution in [0.25, 0.3) is 34.3 Å². The van der Waals surface area contributed by atoms with Crippen LogP contribution in [0.4, 0.5) is 13.2 Å². The third kappa shape index (κ3) is 4.95. The van der Waals surface area contributed by atoms with Crippen LogP contribution in [0.15, 0.2) is 57.6 Å². The van der Waals surface area contributed by atoms with Crippen molar-refractivity contribution in [1.29, 1.82) is 0 Å². The maximum atomic E-state index is 14.0. The Bertz CT molecular complexity index is 1560. The van der Waals surface area contributed by atoms with Crippen molar-refractivity contribution in [2.45, 2.75) is 44.0 Å². The summed E-state index contributed by atoms with van der Waals surface area (Å²) < 4.78 is 58.1. The number of hydrogen-bond donors (Lipinski definition) is 3. The van der Waals surface area contributed by atoms with E-state index >= 15 is 0 Å². The Labute approximate surface area is 231 Å². The van der Waals surface area contributed by atoms with Crippen LogP contribution in [-0.2, 0) is 11.0 Å². The fourth-order valence-corrected chi connectivity index (χ4v) is 5.47. The summed E-state index contributed by atoms with van der Waals surface area (Å²) in [4.78, 5) is 16.0. The second-order valence-electron chi connectivity index (χ2n) is 10.3. The van der Waals surface area contributed by atoms with E-state index < -0.39 is 52.6 Å². The first-order chi connectivity index (χ1) is 19.7. The summed E-state index contributed by atoms with van der Waals surface area (Å²) in [5.74, 6) is -1.71. The molecule has 1 aliphatic heterocycles. The summed E-state index contributed by atoms with van der Waals surface area (Å²) in [6, 6.07) is 12.0. The molecule has 10 nitrogen and oxygen atoms in total. The second-order valence-corrected chi connectivity index (χ2v) is 10.3. The molecule has 41 heavy (non-hydrogen) atoms. The first kappa shape index (κ1) is 27.0. The Morgan fingerprint density at radius 2 is 1.80 bits per heavy atom. The SMILES string of the molecule is O=C(O)C1(CN[C@@H]2COc3cc(-c4noc(-c5onc(-c6ccccc6)c5C(F)(F)F)n4)ccc3[C@@H]2O)CCCC1. The van der Waals surface area contributed by atoms with Crippen LogP contribution in [0.1, 0.15) is 42.9 Å². The van der Waals surface area contributed by atoms with E-state index in [0.717, 1.165) is 12.8 Å². The highest BCUT2D eigenvalue weighted by molar-refractivity contribution is 5.75. The van der Waals surface area contributed by atoms with E-state index in [2.05, 4.69) is 20.6 Å². The number of carbonyl (C=O) groups is 1. The number of fused-ring (bicyclic) bond motifs is 1. The number of aliphatic hydroxyl groups is 1. The lowest BCUT2D eigenvalue weighted by molar-refractivity contribution is -0.148. The Balaban J connectivity index is 1.23. The lowest BCUT2D eigenvalue weighted by Crippen LogP contribution is -2.48. The minimum atomic E-state index is -4.81. The number of aliphatic carboxylic acids is 1. The average Bonchev–Trinajstić information content (AvgIpc) is 3.73. The third-order valence-electron chi connectivity index (χ3n) is 7.75. The number of aromatic nitrogens is 3. The number of halogens is 3. The van der Waals surface area contributed by atoms with Gasteiger partial charge in [0, 0.05) is 23.2 Å². The number of carboxylic acid groups (broad SMARTS) is 1. The Hall–Kier alpha value is -4.23. The summed E-state index contributed by atoms with van der Waals surface area (Å²) in [7, 11) is 0. The largest absolute Gasteiger partial charge is 0.491 e. The molecule has 1 saturated carbocycles. The number of nitrogens with one attached hydrogen (secondary N) is 1. The summed E-state index contributed by atoms with van der Waals surface area (Å²) in [5, 5.41) is 31.3. The smallest absolute Gasteiger partial charge is 0.422 e. The van der Waals surface area contributed by atoms with Crippen molar-refractivity contribution in [2.75, 3.05) is 13.2 Å². The van der Waals surface area contributed by atoms with Crippen molar-refractivity contribution >= 4 is 5.97 Å². The molecule has 1 fully saturated rings. The van der Waals surface area contributed by atoms with Gasteiger partial charge in [-0.2, -0.15) is 18.2 Å². The summed E-state index contributed by atoms with van der Waals surface area (Å²) in [6.07, 6.45) is -2.92. The van der Waals surface area contributed by atoms with E-state index in [1.54, 1.807) is 36.4 Å². The highest BCUT2D eigenvalue weighted by atomic mass is 19.4. The molecule has 2 atom stereocenters. The molecule has 0 spiro atoms. The van der Waals surface area contributed by atoms with Crippen molar-refractivity contribution in [3.8, 4) is 40.0 Å². The van der Waals surface area contributed by atoms with Crippen molar-refractivity contribution in [3.05, 3.63) is 59.7 Å². The molecule has 2 aromatic carbocycles. The molecule has 2 aliphatic rings. The number of alkyl halides is 3. The van der Waals surface area contributed by atoms with E-state index in [4.69, 9.17) is 13.8 Å². The monoisotopic (exact) mass is 570 g/mol. The third-order valence-corrected chi connectivity index (χ3v) is 7.75. The van der Waals surface area contributed by atoms with Gasteiger partial charge in [-0.1, -0.05) is 65.6 Å². The van der Waals surface area contributed by atoms with E-state index in [1.807, 2.05) is 0 Å². The molecular formula is C28H25F3N4O6. The number of hydrogen-bond acceptors (Lipinski definition) is 9. The van der Waals surface area contributed by atoms with Gasteiger partial charge in [0.25, 0.3) is 5.89 Å². The van der Waals surface area contributed by atoms with Crippen LogP contribution < -0.4 is 10.1 Å². The molecule has 0 unspecified atom stereocenters.